The summed E-state index contributed by atoms with van der Waals surface area (Å²) in [6.45, 7) is 2.32. The number of nitrogens with one attached hydrogen (secondary N) is 1. The van der Waals surface area contributed by atoms with Crippen LogP contribution in [-0.2, 0) is 0 Å². The average Bonchev–Trinajstić information content (AvgIpc) is 2.25. The molecule has 1 aromatic rings. The van der Waals surface area contributed by atoms with E-state index in [0.717, 1.165) is 16.2 Å². The Morgan fingerprint density at radius 3 is 2.69 bits per heavy atom. The lowest BCUT2D eigenvalue weighted by molar-refractivity contribution is 0.361. The maximum absolute atomic E-state index is 5.91. The molecule has 0 aromatic carbocycles. The van der Waals surface area contributed by atoms with Crippen LogP contribution < -0.4 is 11.1 Å². The van der Waals surface area contributed by atoms with Crippen molar-refractivity contribution in [3.05, 3.63) is 16.7 Å². The van der Waals surface area contributed by atoms with Crippen molar-refractivity contribution in [3.63, 3.8) is 0 Å². The normalized spacial score (nSPS) is 25.4. The summed E-state index contributed by atoms with van der Waals surface area (Å²) in [7, 11) is 0. The van der Waals surface area contributed by atoms with Gasteiger partial charge in [-0.3, -0.25) is 0 Å². The minimum atomic E-state index is 0.534. The highest BCUT2D eigenvalue weighted by Gasteiger charge is 2.18. The predicted molar refractivity (Wildman–Crippen MR) is 71.4 cm³/mol. The van der Waals surface area contributed by atoms with E-state index in [4.69, 9.17) is 5.73 Å². The van der Waals surface area contributed by atoms with Gasteiger partial charge in [0.25, 0.3) is 0 Å². The number of pyridine rings is 1. The SMILES string of the molecule is CC1CCC(Nc2ncc(Br)cc2N)CC1. The van der Waals surface area contributed by atoms with Gasteiger partial charge in [0.05, 0.1) is 5.69 Å². The van der Waals surface area contributed by atoms with Crippen molar-refractivity contribution in [2.24, 2.45) is 5.92 Å². The Morgan fingerprint density at radius 2 is 2.06 bits per heavy atom. The third-order valence-corrected chi connectivity index (χ3v) is 3.67. The molecule has 1 aliphatic carbocycles. The van der Waals surface area contributed by atoms with Gasteiger partial charge in [-0.15, -0.1) is 0 Å². The van der Waals surface area contributed by atoms with Crippen LogP contribution in [0.15, 0.2) is 16.7 Å². The zero-order chi connectivity index (χ0) is 11.5. The molecule has 4 heteroatoms. The van der Waals surface area contributed by atoms with Crippen molar-refractivity contribution in [1.82, 2.24) is 4.98 Å². The molecule has 0 bridgehead atoms. The molecule has 0 amide bonds. The lowest BCUT2D eigenvalue weighted by atomic mass is 9.87. The van der Waals surface area contributed by atoms with Gasteiger partial charge in [0.1, 0.15) is 5.82 Å². The number of nitrogen functional groups attached to an aromatic ring is 1. The highest BCUT2D eigenvalue weighted by atomic mass is 79.9. The molecular weight excluding hydrogens is 266 g/mol. The molecule has 1 heterocycles. The van der Waals surface area contributed by atoms with E-state index in [1.54, 1.807) is 6.20 Å². The number of nitrogens with two attached hydrogens (primary N) is 1. The Kier molecular flexibility index (Phi) is 3.69. The number of anilines is 2. The van der Waals surface area contributed by atoms with E-state index in [1.165, 1.54) is 25.7 Å². The summed E-state index contributed by atoms with van der Waals surface area (Å²) >= 11 is 3.36. The molecule has 88 valence electrons. The van der Waals surface area contributed by atoms with Gasteiger partial charge in [-0.1, -0.05) is 6.92 Å². The van der Waals surface area contributed by atoms with E-state index < -0.39 is 0 Å². The summed E-state index contributed by atoms with van der Waals surface area (Å²) < 4.78 is 0.924. The maximum atomic E-state index is 5.91. The second kappa shape index (κ2) is 5.04. The van der Waals surface area contributed by atoms with Gasteiger partial charge in [0.15, 0.2) is 0 Å². The zero-order valence-electron chi connectivity index (χ0n) is 9.54. The molecule has 2 rings (SSSR count). The molecule has 0 saturated heterocycles. The summed E-state index contributed by atoms with van der Waals surface area (Å²) in [6, 6.07) is 2.42. The lowest BCUT2D eigenvalue weighted by Crippen LogP contribution is -2.26. The minimum absolute atomic E-state index is 0.534. The molecule has 0 aliphatic heterocycles. The number of rotatable bonds is 2. The fourth-order valence-corrected chi connectivity index (χ4v) is 2.52. The number of halogens is 1. The van der Waals surface area contributed by atoms with Gasteiger partial charge in [0, 0.05) is 16.7 Å². The summed E-state index contributed by atoms with van der Waals surface area (Å²) in [6.07, 6.45) is 6.82. The first kappa shape index (κ1) is 11.7. The Labute approximate surface area is 105 Å². The standard InChI is InChI=1S/C12H18BrN3/c1-8-2-4-10(5-3-8)16-12-11(14)6-9(13)7-15-12/h6-8,10H,2-5,14H2,1H3,(H,15,16). The van der Waals surface area contributed by atoms with Crippen LogP contribution in [0.5, 0.6) is 0 Å². The highest BCUT2D eigenvalue weighted by molar-refractivity contribution is 9.10. The minimum Gasteiger partial charge on any atom is -0.396 e. The molecule has 0 atom stereocenters. The van der Waals surface area contributed by atoms with Gasteiger partial charge in [-0.05, 0) is 53.6 Å². The molecule has 1 fully saturated rings. The first-order valence-electron chi connectivity index (χ1n) is 5.82. The van der Waals surface area contributed by atoms with Crippen molar-refractivity contribution in [2.45, 2.75) is 38.6 Å². The second-order valence-electron chi connectivity index (χ2n) is 4.69. The topological polar surface area (TPSA) is 50.9 Å². The number of hydrogen-bond donors (Lipinski definition) is 2. The van der Waals surface area contributed by atoms with Crippen molar-refractivity contribution in [3.8, 4) is 0 Å². The van der Waals surface area contributed by atoms with E-state index in [2.05, 4.69) is 33.2 Å². The maximum Gasteiger partial charge on any atom is 0.149 e. The molecule has 3 nitrogen and oxygen atoms in total. The van der Waals surface area contributed by atoms with Crippen LogP contribution in [0, 0.1) is 5.92 Å². The van der Waals surface area contributed by atoms with Crippen LogP contribution in [-0.4, -0.2) is 11.0 Å². The Bertz CT molecular complexity index is 359. The largest absolute Gasteiger partial charge is 0.396 e. The van der Waals surface area contributed by atoms with Gasteiger partial charge in [0.2, 0.25) is 0 Å². The lowest BCUT2D eigenvalue weighted by Gasteiger charge is -2.27. The smallest absolute Gasteiger partial charge is 0.149 e. The Morgan fingerprint density at radius 1 is 1.38 bits per heavy atom. The monoisotopic (exact) mass is 283 g/mol. The van der Waals surface area contributed by atoms with Crippen LogP contribution in [0.25, 0.3) is 0 Å². The van der Waals surface area contributed by atoms with Crippen molar-refractivity contribution in [1.29, 1.82) is 0 Å². The predicted octanol–water partition coefficient (Wildman–Crippen LogP) is 3.42. The molecule has 1 saturated carbocycles. The van der Waals surface area contributed by atoms with Crippen LogP contribution in [0.2, 0.25) is 0 Å². The van der Waals surface area contributed by atoms with Gasteiger partial charge in [-0.2, -0.15) is 0 Å². The van der Waals surface area contributed by atoms with E-state index in [1.807, 2.05) is 6.07 Å². The third-order valence-electron chi connectivity index (χ3n) is 3.24. The molecule has 1 aliphatic rings. The molecule has 0 unspecified atom stereocenters. The van der Waals surface area contributed by atoms with Crippen LogP contribution in [0.1, 0.15) is 32.6 Å². The Balaban J connectivity index is 1.98. The number of nitrogens with zero attached hydrogens (tertiary/aromatic N) is 1. The van der Waals surface area contributed by atoms with Gasteiger partial charge < -0.3 is 11.1 Å². The highest BCUT2D eigenvalue weighted by Crippen LogP contribution is 2.27. The second-order valence-corrected chi connectivity index (χ2v) is 5.61. The quantitative estimate of drug-likeness (QED) is 0.875. The summed E-state index contributed by atoms with van der Waals surface area (Å²) in [5.41, 5.74) is 6.63. The fourth-order valence-electron chi connectivity index (χ4n) is 2.17. The summed E-state index contributed by atoms with van der Waals surface area (Å²) in [5, 5.41) is 3.44. The number of hydrogen-bond acceptors (Lipinski definition) is 3. The third kappa shape index (κ3) is 2.88. The fraction of sp³-hybridized carbons (Fsp3) is 0.583. The molecule has 16 heavy (non-hydrogen) atoms. The molecular formula is C12H18BrN3. The van der Waals surface area contributed by atoms with E-state index in [-0.39, 0.29) is 0 Å². The average molecular weight is 284 g/mol. The molecule has 0 spiro atoms. The van der Waals surface area contributed by atoms with Crippen molar-refractivity contribution in [2.75, 3.05) is 11.1 Å². The van der Waals surface area contributed by atoms with Crippen LogP contribution in [0.3, 0.4) is 0 Å². The molecule has 0 radical (unpaired) electrons. The Hall–Kier alpha value is -0.770. The van der Waals surface area contributed by atoms with Gasteiger partial charge in [-0.25, -0.2) is 4.98 Å². The first-order valence-corrected chi connectivity index (χ1v) is 6.62. The first-order chi connectivity index (χ1) is 7.65. The van der Waals surface area contributed by atoms with E-state index in [9.17, 15) is 0 Å². The zero-order valence-corrected chi connectivity index (χ0v) is 11.1. The van der Waals surface area contributed by atoms with Gasteiger partial charge >= 0.3 is 0 Å². The van der Waals surface area contributed by atoms with Crippen molar-refractivity contribution < 1.29 is 0 Å². The summed E-state index contributed by atoms with van der Waals surface area (Å²) in [5.74, 6) is 1.69. The van der Waals surface area contributed by atoms with Crippen LogP contribution >= 0.6 is 15.9 Å². The van der Waals surface area contributed by atoms with Crippen molar-refractivity contribution >= 4 is 27.4 Å². The number of aromatic nitrogens is 1. The van der Waals surface area contributed by atoms with E-state index >= 15 is 0 Å². The van der Waals surface area contributed by atoms with E-state index in [0.29, 0.717) is 11.7 Å². The molecule has 1 aromatic heterocycles. The van der Waals surface area contributed by atoms with Crippen LogP contribution in [0.4, 0.5) is 11.5 Å². The summed E-state index contributed by atoms with van der Waals surface area (Å²) in [4.78, 5) is 4.31. The molecule has 3 N–H and O–H groups in total.